The van der Waals surface area contributed by atoms with Gasteiger partial charge in [-0.25, -0.2) is 8.42 Å². The number of alkyl halides is 3. The van der Waals surface area contributed by atoms with E-state index in [1.807, 2.05) is 0 Å². The second kappa shape index (κ2) is 6.72. The Hall–Kier alpha value is -0.870. The molecule has 1 heterocycles. The molecule has 1 aliphatic heterocycles. The normalized spacial score (nSPS) is 21.9. The van der Waals surface area contributed by atoms with Crippen molar-refractivity contribution in [3.63, 3.8) is 0 Å². The van der Waals surface area contributed by atoms with Crippen molar-refractivity contribution >= 4 is 16.0 Å². The molecule has 0 radical (unpaired) electrons. The number of carboxylic acids is 1. The maximum Gasteiger partial charge on any atom is 0.389 e. The number of morpholine rings is 1. The molecule has 1 N–H and O–H groups in total. The van der Waals surface area contributed by atoms with E-state index in [2.05, 4.69) is 0 Å². The van der Waals surface area contributed by atoms with Crippen molar-refractivity contribution in [3.8, 4) is 0 Å². The lowest BCUT2D eigenvalue weighted by atomic mass is 10.2. The van der Waals surface area contributed by atoms with Crippen LogP contribution in [0.15, 0.2) is 0 Å². The lowest BCUT2D eigenvalue weighted by molar-refractivity contribution is -0.139. The van der Waals surface area contributed by atoms with E-state index >= 15 is 0 Å². The maximum atomic E-state index is 12.0. The first kappa shape index (κ1) is 17.2. The summed E-state index contributed by atoms with van der Waals surface area (Å²) in [5, 5.41) is 8.71. The van der Waals surface area contributed by atoms with Crippen LogP contribution in [0, 0.1) is 0 Å². The predicted molar refractivity (Wildman–Crippen MR) is 62.6 cm³/mol. The highest BCUT2D eigenvalue weighted by Gasteiger charge is 2.35. The van der Waals surface area contributed by atoms with Crippen molar-refractivity contribution in [1.29, 1.82) is 0 Å². The molecule has 1 fully saturated rings. The summed E-state index contributed by atoms with van der Waals surface area (Å²) < 4.78 is 66.0. The molecule has 20 heavy (non-hydrogen) atoms. The molecular formula is C10H16F3NO5S. The van der Waals surface area contributed by atoms with Gasteiger partial charge in [-0.3, -0.25) is 4.79 Å². The summed E-state index contributed by atoms with van der Waals surface area (Å²) in [4.78, 5) is 10.7. The Morgan fingerprint density at radius 1 is 1.40 bits per heavy atom. The van der Waals surface area contributed by atoms with Crippen LogP contribution in [0.25, 0.3) is 0 Å². The van der Waals surface area contributed by atoms with Crippen LogP contribution in [0.5, 0.6) is 0 Å². The van der Waals surface area contributed by atoms with E-state index in [-0.39, 0.29) is 19.8 Å². The Bertz CT molecular complexity index is 437. The first-order valence-corrected chi connectivity index (χ1v) is 7.58. The van der Waals surface area contributed by atoms with Gasteiger partial charge >= 0.3 is 12.1 Å². The zero-order valence-corrected chi connectivity index (χ0v) is 11.4. The molecule has 0 aliphatic carbocycles. The van der Waals surface area contributed by atoms with Gasteiger partial charge in [-0.1, -0.05) is 0 Å². The molecule has 1 aliphatic rings. The van der Waals surface area contributed by atoms with E-state index in [1.165, 1.54) is 0 Å². The SMILES string of the molecule is O=C(O)CC1COCCN1S(=O)(=O)CCCC(F)(F)F. The number of carboxylic acid groups (broad SMARTS) is 1. The third-order valence-corrected chi connectivity index (χ3v) is 4.80. The van der Waals surface area contributed by atoms with Gasteiger partial charge < -0.3 is 9.84 Å². The molecule has 0 aromatic rings. The number of hydrogen-bond acceptors (Lipinski definition) is 4. The van der Waals surface area contributed by atoms with Crippen LogP contribution < -0.4 is 0 Å². The monoisotopic (exact) mass is 319 g/mol. The van der Waals surface area contributed by atoms with Crippen LogP contribution in [-0.2, 0) is 19.6 Å². The van der Waals surface area contributed by atoms with Crippen molar-refractivity contribution in [3.05, 3.63) is 0 Å². The highest BCUT2D eigenvalue weighted by Crippen LogP contribution is 2.23. The number of aliphatic carboxylic acids is 1. The third kappa shape index (κ3) is 5.63. The van der Waals surface area contributed by atoms with Crippen molar-refractivity contribution in [2.75, 3.05) is 25.5 Å². The van der Waals surface area contributed by atoms with Gasteiger partial charge in [-0.15, -0.1) is 0 Å². The van der Waals surface area contributed by atoms with Crippen LogP contribution in [0.1, 0.15) is 19.3 Å². The Morgan fingerprint density at radius 2 is 2.05 bits per heavy atom. The second-order valence-corrected chi connectivity index (χ2v) is 6.51. The minimum Gasteiger partial charge on any atom is -0.481 e. The Morgan fingerprint density at radius 3 is 2.60 bits per heavy atom. The quantitative estimate of drug-likeness (QED) is 0.784. The molecule has 0 aromatic carbocycles. The number of nitrogens with zero attached hydrogens (tertiary/aromatic N) is 1. The largest absolute Gasteiger partial charge is 0.481 e. The number of halogens is 3. The topological polar surface area (TPSA) is 83.9 Å². The molecule has 1 unspecified atom stereocenters. The zero-order valence-electron chi connectivity index (χ0n) is 10.6. The number of sulfonamides is 1. The fourth-order valence-electron chi connectivity index (χ4n) is 1.94. The number of carbonyl (C=O) groups is 1. The van der Waals surface area contributed by atoms with Crippen molar-refractivity contribution in [1.82, 2.24) is 4.31 Å². The molecule has 0 spiro atoms. The third-order valence-electron chi connectivity index (χ3n) is 2.80. The summed E-state index contributed by atoms with van der Waals surface area (Å²) in [6.07, 6.45) is -6.55. The molecule has 118 valence electrons. The lowest BCUT2D eigenvalue weighted by Gasteiger charge is -2.33. The molecule has 1 rings (SSSR count). The van der Waals surface area contributed by atoms with Gasteiger partial charge in [-0.05, 0) is 6.42 Å². The number of hydrogen-bond donors (Lipinski definition) is 1. The lowest BCUT2D eigenvalue weighted by Crippen LogP contribution is -2.50. The van der Waals surface area contributed by atoms with Gasteiger partial charge in [0.15, 0.2) is 0 Å². The molecular weight excluding hydrogens is 303 g/mol. The second-order valence-electron chi connectivity index (χ2n) is 4.47. The summed E-state index contributed by atoms with van der Waals surface area (Å²) in [6, 6.07) is -0.864. The minimum absolute atomic E-state index is 0.0354. The van der Waals surface area contributed by atoms with Crippen molar-refractivity contribution < 1.29 is 36.2 Å². The van der Waals surface area contributed by atoms with E-state index in [9.17, 15) is 26.4 Å². The van der Waals surface area contributed by atoms with Crippen LogP contribution >= 0.6 is 0 Å². The van der Waals surface area contributed by atoms with Crippen LogP contribution in [-0.4, -0.2) is 61.5 Å². The fourth-order valence-corrected chi connectivity index (χ4v) is 3.63. The summed E-state index contributed by atoms with van der Waals surface area (Å²) in [5.74, 6) is -1.83. The van der Waals surface area contributed by atoms with E-state index in [4.69, 9.17) is 9.84 Å². The van der Waals surface area contributed by atoms with Crippen LogP contribution in [0.3, 0.4) is 0 Å². The highest BCUT2D eigenvalue weighted by molar-refractivity contribution is 7.89. The van der Waals surface area contributed by atoms with Gasteiger partial charge in [0, 0.05) is 13.0 Å². The van der Waals surface area contributed by atoms with E-state index < -0.39 is 53.2 Å². The summed E-state index contributed by atoms with van der Waals surface area (Å²) >= 11 is 0. The smallest absolute Gasteiger partial charge is 0.389 e. The Balaban J connectivity index is 2.65. The maximum absolute atomic E-state index is 12.0. The molecule has 0 aromatic heterocycles. The van der Waals surface area contributed by atoms with Gasteiger partial charge in [-0.2, -0.15) is 17.5 Å². The first-order chi connectivity index (χ1) is 9.12. The van der Waals surface area contributed by atoms with Crippen LogP contribution in [0.2, 0.25) is 0 Å². The minimum atomic E-state index is -4.40. The van der Waals surface area contributed by atoms with Gasteiger partial charge in [0.1, 0.15) is 0 Å². The summed E-state index contributed by atoms with van der Waals surface area (Å²) in [7, 11) is -3.91. The summed E-state index contributed by atoms with van der Waals surface area (Å²) in [6.45, 7) is 0.00567. The zero-order chi connectivity index (χ0) is 15.4. The highest BCUT2D eigenvalue weighted by atomic mass is 32.2. The summed E-state index contributed by atoms with van der Waals surface area (Å²) in [5.41, 5.74) is 0. The Kier molecular flexibility index (Phi) is 5.78. The van der Waals surface area contributed by atoms with Crippen LogP contribution in [0.4, 0.5) is 13.2 Å². The van der Waals surface area contributed by atoms with Gasteiger partial charge in [0.25, 0.3) is 0 Å². The number of rotatable bonds is 6. The average Bonchev–Trinajstić information content (AvgIpc) is 2.26. The molecule has 0 saturated carbocycles. The van der Waals surface area contributed by atoms with Gasteiger partial charge in [0.2, 0.25) is 10.0 Å². The van der Waals surface area contributed by atoms with Crippen molar-refractivity contribution in [2.45, 2.75) is 31.5 Å². The molecule has 1 atom stereocenters. The molecule has 1 saturated heterocycles. The van der Waals surface area contributed by atoms with E-state index in [0.29, 0.717) is 0 Å². The first-order valence-electron chi connectivity index (χ1n) is 5.97. The van der Waals surface area contributed by atoms with Crippen molar-refractivity contribution in [2.24, 2.45) is 0 Å². The van der Waals surface area contributed by atoms with E-state index in [1.54, 1.807) is 0 Å². The molecule has 6 nitrogen and oxygen atoms in total. The number of ether oxygens (including phenoxy) is 1. The van der Waals surface area contributed by atoms with Gasteiger partial charge in [0.05, 0.1) is 31.4 Å². The molecule has 10 heteroatoms. The molecule has 0 amide bonds. The molecule has 0 bridgehead atoms. The fraction of sp³-hybridized carbons (Fsp3) is 0.900. The standard InChI is InChI=1S/C10H16F3NO5S/c11-10(12,13)2-1-5-20(17,18)14-3-4-19-7-8(14)6-9(15)16/h8H,1-7H2,(H,15,16). The van der Waals surface area contributed by atoms with E-state index in [0.717, 1.165) is 4.31 Å². The average molecular weight is 319 g/mol. The predicted octanol–water partition coefficient (Wildman–Crippen LogP) is 0.834. The Labute approximate surface area is 114 Å².